The summed E-state index contributed by atoms with van der Waals surface area (Å²) in [6.45, 7) is 0. The summed E-state index contributed by atoms with van der Waals surface area (Å²) in [6, 6.07) is 18.8. The van der Waals surface area contributed by atoms with E-state index in [0.29, 0.717) is 5.56 Å². The largest absolute Gasteiger partial charge is 0.440 e. The average Bonchev–Trinajstić information content (AvgIpc) is 2.78. The van der Waals surface area contributed by atoms with Crippen molar-refractivity contribution in [2.75, 3.05) is 0 Å². The Labute approximate surface area is 182 Å². The molecule has 3 aromatic rings. The summed E-state index contributed by atoms with van der Waals surface area (Å²) in [4.78, 5) is 12.2. The zero-order valence-corrected chi connectivity index (χ0v) is 16.6. The average molecular weight is 430 g/mol. The quantitative estimate of drug-likeness (QED) is 0.365. The van der Waals surface area contributed by atoms with E-state index in [1.54, 1.807) is 12.1 Å². The molecule has 0 bridgehead atoms. The number of nitriles is 1. The van der Waals surface area contributed by atoms with Crippen LogP contribution < -0.4 is 15.2 Å². The molecule has 0 aliphatic carbocycles. The van der Waals surface area contributed by atoms with Crippen LogP contribution in [0.5, 0.6) is 11.5 Å². The summed E-state index contributed by atoms with van der Waals surface area (Å²) >= 11 is 0. The highest BCUT2D eigenvalue weighted by Crippen LogP contribution is 2.44. The molecule has 5 nitrogen and oxygen atoms in total. The number of halogens is 2. The van der Waals surface area contributed by atoms with Gasteiger partial charge in [0.2, 0.25) is 5.88 Å². The lowest BCUT2D eigenvalue weighted by molar-refractivity contribution is -0.128. The van der Waals surface area contributed by atoms with E-state index in [0.717, 1.165) is 17.7 Å². The molecule has 4 rings (SSSR count). The van der Waals surface area contributed by atoms with Crippen molar-refractivity contribution >= 4 is 12.0 Å². The lowest BCUT2D eigenvalue weighted by atomic mass is 9.83. The predicted octanol–water partition coefficient (Wildman–Crippen LogP) is 4.80. The van der Waals surface area contributed by atoms with E-state index in [4.69, 9.17) is 15.2 Å². The fraction of sp³-hybridized carbons (Fsp3) is 0.0400. The molecule has 0 saturated carbocycles. The molecule has 0 amide bonds. The van der Waals surface area contributed by atoms with Crippen molar-refractivity contribution in [1.29, 1.82) is 5.26 Å². The Kier molecular flexibility index (Phi) is 5.69. The van der Waals surface area contributed by atoms with Crippen LogP contribution in [0.1, 0.15) is 22.6 Å². The van der Waals surface area contributed by atoms with Gasteiger partial charge in [-0.05, 0) is 23.8 Å². The van der Waals surface area contributed by atoms with Crippen LogP contribution in [0.4, 0.5) is 8.78 Å². The number of hydrogen-bond acceptors (Lipinski definition) is 5. The first-order chi connectivity index (χ1) is 15.5. The van der Waals surface area contributed by atoms with Gasteiger partial charge in [-0.25, -0.2) is 13.6 Å². The van der Waals surface area contributed by atoms with E-state index in [-0.39, 0.29) is 28.5 Å². The summed E-state index contributed by atoms with van der Waals surface area (Å²) in [5.41, 5.74) is 7.24. The van der Waals surface area contributed by atoms with Gasteiger partial charge < -0.3 is 15.2 Å². The third kappa shape index (κ3) is 4.20. The number of carbonyl (C=O) groups excluding carboxylic acids is 1. The number of benzene rings is 3. The minimum absolute atomic E-state index is 0.00135. The molecule has 0 fully saturated rings. The first kappa shape index (κ1) is 20.8. The van der Waals surface area contributed by atoms with Gasteiger partial charge in [0, 0.05) is 29.3 Å². The van der Waals surface area contributed by atoms with E-state index in [2.05, 4.69) is 0 Å². The zero-order chi connectivity index (χ0) is 22.7. The van der Waals surface area contributed by atoms with Crippen molar-refractivity contribution in [3.8, 4) is 17.6 Å². The zero-order valence-electron chi connectivity index (χ0n) is 16.6. The van der Waals surface area contributed by atoms with Crippen LogP contribution in [0.15, 0.2) is 84.3 Å². The van der Waals surface area contributed by atoms with Gasteiger partial charge >= 0.3 is 5.97 Å². The minimum Gasteiger partial charge on any atom is -0.440 e. The van der Waals surface area contributed by atoms with E-state index >= 15 is 0 Å². The number of ether oxygens (including phenoxy) is 2. The van der Waals surface area contributed by atoms with Gasteiger partial charge in [-0.15, -0.1) is 0 Å². The smallest absolute Gasteiger partial charge is 0.336 e. The summed E-state index contributed by atoms with van der Waals surface area (Å²) in [6.07, 6.45) is 2.90. The monoisotopic (exact) mass is 430 g/mol. The second-order valence-electron chi connectivity index (χ2n) is 6.96. The molecule has 0 aromatic heterocycles. The fourth-order valence-corrected chi connectivity index (χ4v) is 3.43. The first-order valence-electron chi connectivity index (χ1n) is 9.57. The van der Waals surface area contributed by atoms with Crippen molar-refractivity contribution in [3.05, 3.63) is 113 Å². The number of carbonyl (C=O) groups is 1. The van der Waals surface area contributed by atoms with Gasteiger partial charge in [0.15, 0.2) is 0 Å². The summed E-state index contributed by atoms with van der Waals surface area (Å²) < 4.78 is 38.8. The normalized spacial score (nSPS) is 15.1. The van der Waals surface area contributed by atoms with Crippen LogP contribution in [0.3, 0.4) is 0 Å². The minimum atomic E-state index is -0.896. The Morgan fingerprint density at radius 1 is 1.06 bits per heavy atom. The molecular formula is C25H16F2N2O3. The van der Waals surface area contributed by atoms with Crippen molar-refractivity contribution in [3.63, 3.8) is 0 Å². The number of rotatable bonds is 4. The summed E-state index contributed by atoms with van der Waals surface area (Å²) in [7, 11) is 0. The number of esters is 1. The Bertz CT molecular complexity index is 1290. The molecule has 1 heterocycles. The van der Waals surface area contributed by atoms with Crippen molar-refractivity contribution in [2.24, 2.45) is 5.73 Å². The topological polar surface area (TPSA) is 85.3 Å². The van der Waals surface area contributed by atoms with Gasteiger partial charge in [0.25, 0.3) is 0 Å². The highest BCUT2D eigenvalue weighted by molar-refractivity contribution is 5.88. The van der Waals surface area contributed by atoms with Crippen molar-refractivity contribution < 1.29 is 23.0 Å². The van der Waals surface area contributed by atoms with Gasteiger partial charge in [-0.3, -0.25) is 0 Å². The first-order valence-corrected chi connectivity index (χ1v) is 9.57. The molecule has 158 valence electrons. The van der Waals surface area contributed by atoms with Gasteiger partial charge in [-0.2, -0.15) is 5.26 Å². The highest BCUT2D eigenvalue weighted by Gasteiger charge is 2.32. The maximum absolute atomic E-state index is 14.5. The fourth-order valence-electron chi connectivity index (χ4n) is 3.43. The third-order valence-electron chi connectivity index (χ3n) is 4.89. The standard InChI is InChI=1S/C25H16F2N2O3/c26-16-7-9-18(21(27)12-16)24-19-10-8-17(13-22(19)32-25(29)20(24)14-28)31-23(30)11-6-15-4-2-1-3-5-15/h1-13,24H,29H2. The van der Waals surface area contributed by atoms with Crippen LogP contribution in [0.2, 0.25) is 0 Å². The molecule has 1 aliphatic heterocycles. The van der Waals surface area contributed by atoms with E-state index in [1.165, 1.54) is 24.3 Å². The molecule has 1 atom stereocenters. The van der Waals surface area contributed by atoms with Crippen molar-refractivity contribution in [2.45, 2.75) is 5.92 Å². The molecule has 3 aromatic carbocycles. The van der Waals surface area contributed by atoms with Crippen molar-refractivity contribution in [1.82, 2.24) is 0 Å². The Morgan fingerprint density at radius 2 is 1.81 bits per heavy atom. The molecule has 0 spiro atoms. The van der Waals surface area contributed by atoms with E-state index in [1.807, 2.05) is 36.4 Å². The number of fused-ring (bicyclic) bond motifs is 1. The number of nitrogens with two attached hydrogens (primary N) is 1. The van der Waals surface area contributed by atoms with Gasteiger partial charge in [0.05, 0.1) is 5.92 Å². The van der Waals surface area contributed by atoms with E-state index in [9.17, 15) is 18.8 Å². The second-order valence-corrected chi connectivity index (χ2v) is 6.96. The SMILES string of the molecule is N#CC1=C(N)Oc2cc(OC(=O)C=Cc3ccccc3)ccc2C1c1ccc(F)cc1F. The van der Waals surface area contributed by atoms with Crippen LogP contribution in [-0.4, -0.2) is 5.97 Å². The molecule has 2 N–H and O–H groups in total. The molecule has 0 radical (unpaired) electrons. The Morgan fingerprint density at radius 3 is 2.53 bits per heavy atom. The van der Waals surface area contributed by atoms with Gasteiger partial charge in [0.1, 0.15) is 34.8 Å². The Balaban J connectivity index is 1.64. The molecular weight excluding hydrogens is 414 g/mol. The van der Waals surface area contributed by atoms with Crippen LogP contribution >= 0.6 is 0 Å². The maximum atomic E-state index is 14.5. The number of hydrogen-bond donors (Lipinski definition) is 1. The van der Waals surface area contributed by atoms with Crippen LogP contribution in [-0.2, 0) is 4.79 Å². The van der Waals surface area contributed by atoms with E-state index < -0.39 is 23.5 Å². The predicted molar refractivity (Wildman–Crippen MR) is 113 cm³/mol. The highest BCUT2D eigenvalue weighted by atomic mass is 19.1. The lowest BCUT2D eigenvalue weighted by Gasteiger charge is -2.27. The van der Waals surface area contributed by atoms with Crippen LogP contribution in [0.25, 0.3) is 6.08 Å². The number of nitrogens with zero attached hydrogens (tertiary/aromatic N) is 1. The molecule has 0 saturated heterocycles. The molecule has 7 heteroatoms. The molecule has 1 aliphatic rings. The molecule has 1 unspecified atom stereocenters. The Hall–Kier alpha value is -4.44. The lowest BCUT2D eigenvalue weighted by Crippen LogP contribution is -2.21. The van der Waals surface area contributed by atoms with Crippen LogP contribution in [0, 0.1) is 23.0 Å². The molecule has 32 heavy (non-hydrogen) atoms. The third-order valence-corrected chi connectivity index (χ3v) is 4.89. The summed E-state index contributed by atoms with van der Waals surface area (Å²) in [5.74, 6) is -2.88. The summed E-state index contributed by atoms with van der Waals surface area (Å²) in [5, 5.41) is 9.55. The number of allylic oxidation sites excluding steroid dienone is 1. The second kappa shape index (κ2) is 8.74. The maximum Gasteiger partial charge on any atom is 0.336 e. The van der Waals surface area contributed by atoms with Gasteiger partial charge in [-0.1, -0.05) is 42.5 Å².